The Morgan fingerprint density at radius 2 is 1.64 bits per heavy atom. The van der Waals surface area contributed by atoms with Crippen molar-refractivity contribution in [3.8, 4) is 11.5 Å². The lowest BCUT2D eigenvalue weighted by Gasteiger charge is -2.60. The van der Waals surface area contributed by atoms with Gasteiger partial charge in [0.15, 0.2) is 0 Å². The first-order valence-electron chi connectivity index (χ1n) is 12.9. The first-order chi connectivity index (χ1) is 18.5. The molecule has 0 heterocycles. The molecule has 0 aliphatic heterocycles. The maximum absolute atomic E-state index is 13.6. The van der Waals surface area contributed by atoms with Gasteiger partial charge in [-0.25, -0.2) is 8.42 Å². The molecule has 0 spiro atoms. The van der Waals surface area contributed by atoms with Gasteiger partial charge in [0.1, 0.15) is 11.5 Å². The smallest absolute Gasteiger partial charge is 0.261 e. The van der Waals surface area contributed by atoms with E-state index in [0.29, 0.717) is 39.8 Å². The third-order valence-electron chi connectivity index (χ3n) is 8.08. The van der Waals surface area contributed by atoms with E-state index in [2.05, 4.69) is 10.0 Å². The quantitative estimate of drug-likeness (QED) is 0.297. The summed E-state index contributed by atoms with van der Waals surface area (Å²) in [5.74, 6) is 1.24. The number of carbonyl (C=O) groups is 1. The molecule has 4 aliphatic rings. The van der Waals surface area contributed by atoms with Gasteiger partial charge < -0.3 is 15.2 Å². The number of carbonyl (C=O) groups excluding carboxylic acids is 1. The molecule has 7 rings (SSSR count). The molecule has 3 aromatic rings. The van der Waals surface area contributed by atoms with Crippen molar-refractivity contribution in [2.45, 2.75) is 54.6 Å². The molecule has 4 bridgehead atoms. The van der Waals surface area contributed by atoms with Crippen LogP contribution in [0.4, 0.5) is 5.69 Å². The minimum Gasteiger partial charge on any atom is -0.456 e. The van der Waals surface area contributed by atoms with Crippen molar-refractivity contribution in [1.82, 2.24) is 5.32 Å². The summed E-state index contributed by atoms with van der Waals surface area (Å²) in [5, 5.41) is 15.0. The summed E-state index contributed by atoms with van der Waals surface area (Å²) in [6, 6.07) is 17.4. The van der Waals surface area contributed by atoms with E-state index >= 15 is 0 Å². The van der Waals surface area contributed by atoms with Crippen molar-refractivity contribution in [3.63, 3.8) is 0 Å². The van der Waals surface area contributed by atoms with Crippen LogP contribution in [0.3, 0.4) is 0 Å². The number of para-hydroxylation sites is 1. The highest BCUT2D eigenvalue weighted by molar-refractivity contribution is 7.92. The van der Waals surface area contributed by atoms with Crippen molar-refractivity contribution in [2.75, 3.05) is 4.72 Å². The van der Waals surface area contributed by atoms with Crippen molar-refractivity contribution in [1.29, 1.82) is 0 Å². The first-order valence-corrected chi connectivity index (χ1v) is 15.2. The van der Waals surface area contributed by atoms with Crippen LogP contribution < -0.4 is 14.8 Å². The van der Waals surface area contributed by atoms with Gasteiger partial charge >= 0.3 is 0 Å². The molecule has 3 N–H and O–H groups in total. The molecule has 3 aromatic carbocycles. The highest BCUT2D eigenvalue weighted by Gasteiger charge is 2.57. The molecule has 0 aromatic heterocycles. The summed E-state index contributed by atoms with van der Waals surface area (Å²) in [6.45, 7) is 0. The number of aliphatic hydroxyl groups is 1. The van der Waals surface area contributed by atoms with E-state index < -0.39 is 27.1 Å². The van der Waals surface area contributed by atoms with E-state index in [1.807, 2.05) is 0 Å². The summed E-state index contributed by atoms with van der Waals surface area (Å²) in [7, 11) is -4.04. The minimum absolute atomic E-state index is 0.00127. The lowest BCUT2D eigenvalue weighted by atomic mass is 9.51. The van der Waals surface area contributed by atoms with E-state index in [-0.39, 0.29) is 16.1 Å². The number of halogens is 2. The zero-order valence-electron chi connectivity index (χ0n) is 21.0. The predicted octanol–water partition coefficient (Wildman–Crippen LogP) is 6.40. The van der Waals surface area contributed by atoms with E-state index in [9.17, 15) is 18.3 Å². The monoisotopic (exact) mass is 586 g/mol. The Hall–Kier alpha value is -2.78. The normalized spacial score (nSPS) is 27.3. The van der Waals surface area contributed by atoms with Gasteiger partial charge in [-0.3, -0.25) is 9.52 Å². The number of benzene rings is 3. The maximum Gasteiger partial charge on any atom is 0.261 e. The van der Waals surface area contributed by atoms with Gasteiger partial charge in [0.25, 0.3) is 15.9 Å². The molecule has 7 nitrogen and oxygen atoms in total. The van der Waals surface area contributed by atoms with Crippen molar-refractivity contribution in [2.24, 2.45) is 11.8 Å². The second-order valence-corrected chi connectivity index (χ2v) is 13.7. The number of rotatable bonds is 7. The van der Waals surface area contributed by atoms with Crippen molar-refractivity contribution >= 4 is 44.8 Å². The van der Waals surface area contributed by atoms with E-state index in [0.717, 1.165) is 32.1 Å². The second-order valence-electron chi connectivity index (χ2n) is 11.2. The van der Waals surface area contributed by atoms with Crippen LogP contribution >= 0.6 is 23.2 Å². The second kappa shape index (κ2) is 9.70. The van der Waals surface area contributed by atoms with Crippen LogP contribution in [0.1, 0.15) is 48.9 Å². The van der Waals surface area contributed by atoms with Gasteiger partial charge in [0, 0.05) is 10.6 Å². The van der Waals surface area contributed by atoms with Crippen molar-refractivity contribution in [3.05, 3.63) is 82.3 Å². The fraction of sp³-hybridized carbons (Fsp3) is 0.345. The first kappa shape index (κ1) is 26.4. The molecule has 4 aliphatic carbocycles. The molecule has 0 radical (unpaired) electrons. The molecule has 0 saturated heterocycles. The maximum atomic E-state index is 13.6. The van der Waals surface area contributed by atoms with Crippen LogP contribution in [0.2, 0.25) is 10.0 Å². The fourth-order valence-corrected chi connectivity index (χ4v) is 8.43. The Morgan fingerprint density at radius 1 is 0.949 bits per heavy atom. The zero-order chi connectivity index (χ0) is 27.4. The third kappa shape index (κ3) is 5.35. The summed E-state index contributed by atoms with van der Waals surface area (Å²) in [4.78, 5) is 13.6. The zero-order valence-corrected chi connectivity index (χ0v) is 23.3. The number of nitrogens with one attached hydrogen (secondary N) is 2. The van der Waals surface area contributed by atoms with Gasteiger partial charge in [0.05, 0.1) is 26.8 Å². The lowest BCUT2D eigenvalue weighted by molar-refractivity contribution is -0.139. The molecular formula is C29H28Cl2N2O5S. The van der Waals surface area contributed by atoms with Gasteiger partial charge in [-0.2, -0.15) is 0 Å². The number of amides is 1. The fourth-order valence-electron chi connectivity index (χ4n) is 7.01. The number of hydrogen-bond acceptors (Lipinski definition) is 5. The Kier molecular flexibility index (Phi) is 6.57. The lowest BCUT2D eigenvalue weighted by Crippen LogP contribution is -2.65. The van der Waals surface area contributed by atoms with Crippen LogP contribution in [0.15, 0.2) is 71.6 Å². The van der Waals surface area contributed by atoms with Gasteiger partial charge in [-0.05, 0) is 105 Å². The molecular weight excluding hydrogens is 559 g/mol. The van der Waals surface area contributed by atoms with Crippen molar-refractivity contribution < 1.29 is 23.1 Å². The number of ether oxygens (including phenoxy) is 1. The summed E-state index contributed by atoms with van der Waals surface area (Å²) in [6.07, 6.45) is 4.81. The largest absolute Gasteiger partial charge is 0.456 e. The summed E-state index contributed by atoms with van der Waals surface area (Å²) >= 11 is 12.4. The van der Waals surface area contributed by atoms with Crippen LogP contribution in [0, 0.1) is 11.8 Å². The molecule has 4 saturated carbocycles. The number of hydrogen-bond donors (Lipinski definition) is 3. The highest BCUT2D eigenvalue weighted by atomic mass is 35.5. The predicted molar refractivity (Wildman–Crippen MR) is 150 cm³/mol. The topological polar surface area (TPSA) is 105 Å². The third-order valence-corrected chi connectivity index (χ3v) is 10.0. The number of anilines is 1. The molecule has 10 heteroatoms. The molecule has 4 atom stereocenters. The van der Waals surface area contributed by atoms with E-state index in [4.69, 9.17) is 27.9 Å². The van der Waals surface area contributed by atoms with Crippen LogP contribution in [-0.4, -0.2) is 30.6 Å². The van der Waals surface area contributed by atoms with Crippen LogP contribution in [0.5, 0.6) is 11.5 Å². The minimum atomic E-state index is -4.04. The molecule has 1 amide bonds. The summed E-state index contributed by atoms with van der Waals surface area (Å²) in [5.41, 5.74) is -0.979. The highest BCUT2D eigenvalue weighted by Crippen LogP contribution is 2.57. The van der Waals surface area contributed by atoms with Gasteiger partial charge in [0.2, 0.25) is 0 Å². The standard InChI is InChI=1S/C29H28Cl2N2O5S/c30-20-5-10-25(23(12-20)27(34)32-28-13-18-11-19(14-28)16-29(35,15-18)17-28)33-39(36,37)22-8-6-21(7-9-22)38-26-4-2-1-3-24(26)31/h1-10,12,18-19,33,35H,11,13-17H2,(H,32,34)/t18-,19+,28?,29?. The Morgan fingerprint density at radius 3 is 2.31 bits per heavy atom. The van der Waals surface area contributed by atoms with Crippen LogP contribution in [-0.2, 0) is 10.0 Å². The number of sulfonamides is 1. The van der Waals surface area contributed by atoms with E-state index in [1.165, 1.54) is 42.5 Å². The Balaban J connectivity index is 1.21. The average Bonchev–Trinajstić information content (AvgIpc) is 2.85. The summed E-state index contributed by atoms with van der Waals surface area (Å²) < 4.78 is 34.8. The molecule has 204 valence electrons. The van der Waals surface area contributed by atoms with Crippen LogP contribution in [0.25, 0.3) is 0 Å². The molecule has 39 heavy (non-hydrogen) atoms. The Labute approximate surface area is 237 Å². The molecule has 2 unspecified atom stereocenters. The average molecular weight is 588 g/mol. The van der Waals surface area contributed by atoms with Gasteiger partial charge in [-0.1, -0.05) is 35.3 Å². The SMILES string of the molecule is O=C(NC12C[C@@H]3C[C@@H](CC(O)(C3)C1)C2)c1cc(Cl)ccc1NS(=O)(=O)c1ccc(Oc2ccccc2Cl)cc1. The van der Waals surface area contributed by atoms with E-state index in [1.54, 1.807) is 24.3 Å². The Bertz CT molecular complexity index is 1530. The molecule has 4 fully saturated rings. The van der Waals surface area contributed by atoms with Gasteiger partial charge in [-0.15, -0.1) is 0 Å².